The van der Waals surface area contributed by atoms with Gasteiger partial charge in [-0.15, -0.1) is 0 Å². The topological polar surface area (TPSA) is 118 Å². The number of carboxylic acids is 1. The summed E-state index contributed by atoms with van der Waals surface area (Å²) in [6, 6.07) is -1.50. The SMILES string of the molecule is O=C(O)C1=C(/C=C2\CCN(CC(F)(F)F)C2=O)C[C@@H]2CN(C(=O)O)[C@@H]3C(=O)N1[C@H]23. The number of amides is 3. The summed E-state index contributed by atoms with van der Waals surface area (Å²) in [6.07, 6.45) is -4.42. The van der Waals surface area contributed by atoms with E-state index in [9.17, 15) is 42.6 Å². The Hall–Kier alpha value is -3.05. The van der Waals surface area contributed by atoms with E-state index in [1.165, 1.54) is 6.08 Å². The van der Waals surface area contributed by atoms with Gasteiger partial charge in [0.2, 0.25) is 5.91 Å². The van der Waals surface area contributed by atoms with Crippen molar-refractivity contribution < 1.29 is 42.6 Å². The number of alkyl halides is 3. The quantitative estimate of drug-likeness (QED) is 0.516. The number of hydrogen-bond acceptors (Lipinski definition) is 4. The predicted molar refractivity (Wildman–Crippen MR) is 87.3 cm³/mol. The summed E-state index contributed by atoms with van der Waals surface area (Å²) in [4.78, 5) is 50.6. The van der Waals surface area contributed by atoms with E-state index >= 15 is 0 Å². The van der Waals surface area contributed by atoms with Crippen molar-refractivity contribution in [2.45, 2.75) is 31.1 Å². The van der Waals surface area contributed by atoms with Crippen LogP contribution in [0.2, 0.25) is 0 Å². The van der Waals surface area contributed by atoms with Crippen molar-refractivity contribution in [3.63, 3.8) is 0 Å². The summed E-state index contributed by atoms with van der Waals surface area (Å²) >= 11 is 0. The summed E-state index contributed by atoms with van der Waals surface area (Å²) in [5.41, 5.74) is -0.150. The third-order valence-corrected chi connectivity index (χ3v) is 5.77. The van der Waals surface area contributed by atoms with Gasteiger partial charge in [0.25, 0.3) is 5.91 Å². The lowest BCUT2D eigenvalue weighted by Crippen LogP contribution is -2.69. The normalized spacial score (nSPS) is 30.2. The van der Waals surface area contributed by atoms with Gasteiger partial charge >= 0.3 is 18.2 Å². The number of likely N-dealkylation sites (tertiary alicyclic amines) is 2. The largest absolute Gasteiger partial charge is 0.477 e. The van der Waals surface area contributed by atoms with E-state index in [1.54, 1.807) is 0 Å². The fraction of sp³-hybridized carbons (Fsp3) is 0.529. The average molecular weight is 415 g/mol. The van der Waals surface area contributed by atoms with Crippen LogP contribution in [0.1, 0.15) is 12.8 Å². The number of hydrogen-bond donors (Lipinski definition) is 2. The Morgan fingerprint density at radius 3 is 2.48 bits per heavy atom. The molecule has 4 rings (SSSR count). The Kier molecular flexibility index (Phi) is 4.14. The van der Waals surface area contributed by atoms with Gasteiger partial charge in [0.15, 0.2) is 0 Å². The van der Waals surface area contributed by atoms with Crippen LogP contribution in [0.15, 0.2) is 22.9 Å². The summed E-state index contributed by atoms with van der Waals surface area (Å²) < 4.78 is 37.8. The van der Waals surface area contributed by atoms with E-state index in [0.29, 0.717) is 4.90 Å². The first-order valence-corrected chi connectivity index (χ1v) is 8.85. The van der Waals surface area contributed by atoms with Gasteiger partial charge in [-0.05, 0) is 24.5 Å². The lowest BCUT2D eigenvalue weighted by Gasteiger charge is -2.49. The van der Waals surface area contributed by atoms with Gasteiger partial charge in [0, 0.05) is 24.6 Å². The van der Waals surface area contributed by atoms with Crippen molar-refractivity contribution in [3.05, 3.63) is 22.9 Å². The van der Waals surface area contributed by atoms with Crippen molar-refractivity contribution in [2.75, 3.05) is 19.6 Å². The molecule has 9 nitrogen and oxygen atoms in total. The van der Waals surface area contributed by atoms with E-state index < -0.39 is 48.7 Å². The molecule has 0 aromatic carbocycles. The zero-order valence-corrected chi connectivity index (χ0v) is 14.8. The maximum Gasteiger partial charge on any atom is 0.408 e. The molecule has 0 aromatic rings. The lowest BCUT2D eigenvalue weighted by atomic mass is 9.79. The molecule has 4 aliphatic heterocycles. The number of nitrogens with zero attached hydrogens (tertiary/aromatic N) is 3. The van der Waals surface area contributed by atoms with Crippen molar-refractivity contribution in [2.24, 2.45) is 5.92 Å². The Morgan fingerprint density at radius 1 is 1.21 bits per heavy atom. The smallest absolute Gasteiger partial charge is 0.408 e. The second-order valence-corrected chi connectivity index (χ2v) is 7.48. The summed E-state index contributed by atoms with van der Waals surface area (Å²) in [5, 5.41) is 18.9. The van der Waals surface area contributed by atoms with Gasteiger partial charge in [-0.1, -0.05) is 0 Å². The number of β-lactam (4-membered cyclic amide) rings is 1. The fourth-order valence-corrected chi connectivity index (χ4v) is 4.68. The zero-order valence-electron chi connectivity index (χ0n) is 14.8. The minimum atomic E-state index is -4.54. The van der Waals surface area contributed by atoms with E-state index in [4.69, 9.17) is 0 Å². The van der Waals surface area contributed by atoms with E-state index in [1.807, 2.05) is 0 Å². The maximum absolute atomic E-state index is 12.6. The molecule has 29 heavy (non-hydrogen) atoms. The molecule has 3 fully saturated rings. The number of halogens is 3. The van der Waals surface area contributed by atoms with Gasteiger partial charge in [-0.3, -0.25) is 19.4 Å². The van der Waals surface area contributed by atoms with Crippen molar-refractivity contribution >= 4 is 23.9 Å². The molecule has 0 unspecified atom stereocenters. The Morgan fingerprint density at radius 2 is 1.90 bits per heavy atom. The standard InChI is InChI=1S/C17H16F3N3O6/c18-17(19,20)6-21-2-1-7(13(21)24)3-8-4-9-5-22(16(28)29)12-10(9)23(14(12)25)11(8)15(26)27/h3,9-10,12H,1-2,4-6H2,(H,26,27)(H,28,29)/b7-3+/t9-,10-,12+/m1/s1. The van der Waals surface area contributed by atoms with Crippen molar-refractivity contribution in [3.8, 4) is 0 Å². The third kappa shape index (κ3) is 2.93. The van der Waals surface area contributed by atoms with Crippen LogP contribution in [0.25, 0.3) is 0 Å². The number of carbonyl (C=O) groups excluding carboxylic acids is 2. The first-order chi connectivity index (χ1) is 13.5. The van der Waals surface area contributed by atoms with Gasteiger partial charge in [0.1, 0.15) is 18.3 Å². The number of allylic oxidation sites excluding steroid dienone is 2. The monoisotopic (exact) mass is 415 g/mol. The molecule has 12 heteroatoms. The van der Waals surface area contributed by atoms with Crippen LogP contribution in [0.4, 0.5) is 18.0 Å². The van der Waals surface area contributed by atoms with Crippen LogP contribution in [-0.4, -0.2) is 86.7 Å². The highest BCUT2D eigenvalue weighted by Crippen LogP contribution is 2.47. The lowest BCUT2D eigenvalue weighted by molar-refractivity contribution is -0.156. The molecule has 2 N–H and O–H groups in total. The van der Waals surface area contributed by atoms with Crippen LogP contribution in [-0.2, 0) is 14.4 Å². The highest BCUT2D eigenvalue weighted by atomic mass is 19.4. The molecule has 3 saturated heterocycles. The van der Waals surface area contributed by atoms with Crippen LogP contribution in [0.5, 0.6) is 0 Å². The van der Waals surface area contributed by atoms with Gasteiger partial charge in [0.05, 0.1) is 6.04 Å². The van der Waals surface area contributed by atoms with Gasteiger partial charge in [-0.2, -0.15) is 13.2 Å². The first kappa shape index (κ1) is 19.3. The molecule has 0 saturated carbocycles. The van der Waals surface area contributed by atoms with Gasteiger partial charge in [-0.25, -0.2) is 9.59 Å². The maximum atomic E-state index is 12.6. The van der Waals surface area contributed by atoms with E-state index in [0.717, 1.165) is 9.80 Å². The molecule has 0 aromatic heterocycles. The second-order valence-electron chi connectivity index (χ2n) is 7.48. The molecule has 3 amide bonds. The molecule has 4 aliphatic rings. The minimum Gasteiger partial charge on any atom is -0.477 e. The minimum absolute atomic E-state index is 0.0250. The molecule has 0 spiro atoms. The number of carbonyl (C=O) groups is 4. The molecule has 4 heterocycles. The zero-order chi connectivity index (χ0) is 21.2. The Labute approximate surface area is 161 Å². The molecule has 3 atom stereocenters. The van der Waals surface area contributed by atoms with Crippen LogP contribution in [0.3, 0.4) is 0 Å². The number of rotatable bonds is 3. The van der Waals surface area contributed by atoms with Gasteiger partial charge < -0.3 is 15.1 Å². The average Bonchev–Trinajstić information content (AvgIpc) is 3.13. The summed E-state index contributed by atoms with van der Waals surface area (Å²) in [6.45, 7) is -1.48. The fourth-order valence-electron chi connectivity index (χ4n) is 4.68. The first-order valence-electron chi connectivity index (χ1n) is 8.85. The highest BCUT2D eigenvalue weighted by molar-refractivity contribution is 6.03. The molecular formula is C17H16F3N3O6. The van der Waals surface area contributed by atoms with Crippen LogP contribution in [0, 0.1) is 5.92 Å². The Balaban J connectivity index is 1.65. The molecule has 0 radical (unpaired) electrons. The number of aliphatic carboxylic acids is 1. The molecular weight excluding hydrogens is 399 g/mol. The Bertz CT molecular complexity index is 895. The van der Waals surface area contributed by atoms with Crippen molar-refractivity contribution in [1.82, 2.24) is 14.7 Å². The molecule has 0 bridgehead atoms. The second kappa shape index (κ2) is 6.22. The van der Waals surface area contributed by atoms with Crippen LogP contribution >= 0.6 is 0 Å². The summed E-state index contributed by atoms with van der Waals surface area (Å²) in [5.74, 6) is -3.22. The van der Waals surface area contributed by atoms with E-state index in [-0.39, 0.29) is 48.7 Å². The van der Waals surface area contributed by atoms with Crippen LogP contribution < -0.4 is 0 Å². The van der Waals surface area contributed by atoms with E-state index in [2.05, 4.69) is 0 Å². The predicted octanol–water partition coefficient (Wildman–Crippen LogP) is 0.639. The molecule has 0 aliphatic carbocycles. The highest BCUT2D eigenvalue weighted by Gasteiger charge is 2.64. The third-order valence-electron chi connectivity index (χ3n) is 5.77. The molecule has 156 valence electrons. The number of carboxylic acid groups (broad SMARTS) is 2. The van der Waals surface area contributed by atoms with Crippen molar-refractivity contribution in [1.29, 1.82) is 0 Å². The summed E-state index contributed by atoms with van der Waals surface area (Å²) in [7, 11) is 0.